The Morgan fingerprint density at radius 2 is 1.79 bits per heavy atom. The molecule has 0 fully saturated rings. The van der Waals surface area contributed by atoms with Crippen LogP contribution in [0.1, 0.15) is 40.0 Å². The van der Waals surface area contributed by atoms with Crippen LogP contribution in [0.2, 0.25) is 0 Å². The molecule has 1 unspecified atom stereocenters. The third-order valence-corrected chi connectivity index (χ3v) is 3.44. The number of nitrogens with two attached hydrogens (primary N) is 1. The summed E-state index contributed by atoms with van der Waals surface area (Å²) < 4.78 is 40.3. The molecule has 0 rings (SSSR count). The molecule has 0 saturated heterocycles. The van der Waals surface area contributed by atoms with E-state index in [0.717, 1.165) is 19.4 Å². The lowest BCUT2D eigenvalue weighted by molar-refractivity contribution is -0.174. The van der Waals surface area contributed by atoms with Crippen LogP contribution in [0.3, 0.4) is 0 Å². The zero-order valence-corrected chi connectivity index (χ0v) is 12.2. The van der Waals surface area contributed by atoms with E-state index in [9.17, 15) is 13.2 Å². The fraction of sp³-hybridized carbons (Fsp3) is 1.00. The maximum absolute atomic E-state index is 11.9. The van der Waals surface area contributed by atoms with Gasteiger partial charge in [0.25, 0.3) is 0 Å². The maximum atomic E-state index is 11.9. The number of ether oxygens (including phenoxy) is 1. The zero-order chi connectivity index (χ0) is 14.9. The molecule has 0 saturated carbocycles. The van der Waals surface area contributed by atoms with Crippen LogP contribution in [0.25, 0.3) is 0 Å². The molecular weight excluding hydrogens is 257 g/mol. The largest absolute Gasteiger partial charge is 0.411 e. The fourth-order valence-electron chi connectivity index (χ4n) is 1.96. The van der Waals surface area contributed by atoms with E-state index in [1.165, 1.54) is 0 Å². The molecule has 0 bridgehead atoms. The third-order valence-electron chi connectivity index (χ3n) is 3.44. The molecule has 0 heterocycles. The van der Waals surface area contributed by atoms with Gasteiger partial charge in [0.15, 0.2) is 0 Å². The van der Waals surface area contributed by atoms with Gasteiger partial charge in [-0.2, -0.15) is 13.2 Å². The molecule has 1 atom stereocenters. The van der Waals surface area contributed by atoms with Crippen LogP contribution in [-0.4, -0.2) is 49.5 Å². The topological polar surface area (TPSA) is 38.5 Å². The first kappa shape index (κ1) is 18.7. The van der Waals surface area contributed by atoms with Gasteiger partial charge in [-0.15, -0.1) is 0 Å². The van der Waals surface area contributed by atoms with Gasteiger partial charge >= 0.3 is 6.18 Å². The average Bonchev–Trinajstić information content (AvgIpc) is 2.35. The van der Waals surface area contributed by atoms with Crippen molar-refractivity contribution in [2.24, 2.45) is 5.73 Å². The van der Waals surface area contributed by atoms with Crippen LogP contribution in [0.4, 0.5) is 13.2 Å². The molecule has 0 amide bonds. The number of alkyl halides is 3. The van der Waals surface area contributed by atoms with Crippen molar-refractivity contribution in [3.63, 3.8) is 0 Å². The van der Waals surface area contributed by atoms with Crippen molar-refractivity contribution in [3.8, 4) is 0 Å². The minimum Gasteiger partial charge on any atom is -0.372 e. The number of hydrogen-bond acceptors (Lipinski definition) is 3. The van der Waals surface area contributed by atoms with E-state index in [2.05, 4.69) is 30.4 Å². The highest BCUT2D eigenvalue weighted by Gasteiger charge is 2.29. The standard InChI is InChI=1S/C13H27F3N2O/c1-4-7-18(12(3,5-2)10-17)8-6-9-19-11-13(14,15)16/h4-11,17H2,1-3H3. The average molecular weight is 284 g/mol. The van der Waals surface area contributed by atoms with Crippen molar-refractivity contribution in [2.75, 3.05) is 32.8 Å². The highest BCUT2D eigenvalue weighted by atomic mass is 19.4. The molecule has 116 valence electrons. The van der Waals surface area contributed by atoms with Crippen molar-refractivity contribution in [1.82, 2.24) is 4.90 Å². The minimum absolute atomic E-state index is 0.0833. The van der Waals surface area contributed by atoms with Crippen LogP contribution >= 0.6 is 0 Å². The number of hydrogen-bond donors (Lipinski definition) is 1. The molecule has 0 radical (unpaired) electrons. The van der Waals surface area contributed by atoms with Gasteiger partial charge in [-0.3, -0.25) is 4.90 Å². The molecule has 0 spiro atoms. The van der Waals surface area contributed by atoms with Crippen LogP contribution in [0, 0.1) is 0 Å². The summed E-state index contributed by atoms with van der Waals surface area (Å²) in [6, 6.07) is 0. The Bertz CT molecular complexity index is 230. The molecule has 0 aliphatic carbocycles. The summed E-state index contributed by atoms with van der Waals surface area (Å²) in [6.07, 6.45) is -1.73. The van der Waals surface area contributed by atoms with Crippen LogP contribution in [0.5, 0.6) is 0 Å². The van der Waals surface area contributed by atoms with E-state index < -0.39 is 12.8 Å². The summed E-state index contributed by atoms with van der Waals surface area (Å²) in [6.45, 7) is 7.39. The predicted molar refractivity (Wildman–Crippen MR) is 71.1 cm³/mol. The Balaban J connectivity index is 4.09. The first-order chi connectivity index (χ1) is 8.79. The molecule has 19 heavy (non-hydrogen) atoms. The van der Waals surface area contributed by atoms with Crippen molar-refractivity contribution in [1.29, 1.82) is 0 Å². The predicted octanol–water partition coefficient (Wildman–Crippen LogP) is 2.79. The number of rotatable bonds is 10. The van der Waals surface area contributed by atoms with Gasteiger partial charge in [0.05, 0.1) is 0 Å². The van der Waals surface area contributed by atoms with E-state index in [1.807, 2.05) is 0 Å². The van der Waals surface area contributed by atoms with Gasteiger partial charge in [0, 0.05) is 25.2 Å². The van der Waals surface area contributed by atoms with Gasteiger partial charge in [-0.05, 0) is 32.7 Å². The van der Waals surface area contributed by atoms with Crippen LogP contribution in [0.15, 0.2) is 0 Å². The first-order valence-electron chi connectivity index (χ1n) is 6.88. The summed E-state index contributed by atoms with van der Waals surface area (Å²) in [5.74, 6) is 0. The SMILES string of the molecule is CCCN(CCCOCC(F)(F)F)C(C)(CC)CN. The van der Waals surface area contributed by atoms with Gasteiger partial charge in [0.2, 0.25) is 0 Å². The highest BCUT2D eigenvalue weighted by Crippen LogP contribution is 2.19. The number of halogens is 3. The lowest BCUT2D eigenvalue weighted by Gasteiger charge is -2.40. The Morgan fingerprint density at radius 1 is 1.16 bits per heavy atom. The van der Waals surface area contributed by atoms with E-state index in [1.54, 1.807) is 0 Å². The van der Waals surface area contributed by atoms with Gasteiger partial charge in [-0.25, -0.2) is 0 Å². The van der Waals surface area contributed by atoms with Gasteiger partial charge < -0.3 is 10.5 Å². The highest BCUT2D eigenvalue weighted by molar-refractivity contribution is 4.85. The zero-order valence-electron chi connectivity index (χ0n) is 12.2. The molecule has 0 aromatic carbocycles. The van der Waals surface area contributed by atoms with Crippen molar-refractivity contribution < 1.29 is 17.9 Å². The first-order valence-corrected chi connectivity index (χ1v) is 6.88. The summed E-state index contributed by atoms with van der Waals surface area (Å²) >= 11 is 0. The lowest BCUT2D eigenvalue weighted by Crippen LogP contribution is -2.52. The Hall–Kier alpha value is -0.330. The van der Waals surface area contributed by atoms with Crippen LogP contribution < -0.4 is 5.73 Å². The molecular formula is C13H27F3N2O. The maximum Gasteiger partial charge on any atom is 0.411 e. The van der Waals surface area contributed by atoms with E-state index >= 15 is 0 Å². The smallest absolute Gasteiger partial charge is 0.372 e. The molecule has 3 nitrogen and oxygen atoms in total. The molecule has 6 heteroatoms. The Kier molecular flexibility index (Phi) is 8.61. The lowest BCUT2D eigenvalue weighted by atomic mass is 9.96. The second kappa shape index (κ2) is 8.76. The Labute approximate surface area is 114 Å². The fourth-order valence-corrected chi connectivity index (χ4v) is 1.96. The van der Waals surface area contributed by atoms with Crippen LogP contribution in [-0.2, 0) is 4.74 Å². The quantitative estimate of drug-likeness (QED) is 0.627. The van der Waals surface area contributed by atoms with Gasteiger partial charge in [-0.1, -0.05) is 13.8 Å². The summed E-state index contributed by atoms with van der Waals surface area (Å²) in [5.41, 5.74) is 5.73. The van der Waals surface area contributed by atoms with E-state index in [0.29, 0.717) is 19.5 Å². The molecule has 0 aliphatic heterocycles. The summed E-state index contributed by atoms with van der Waals surface area (Å²) in [4.78, 5) is 2.25. The normalized spacial score (nSPS) is 15.8. The Morgan fingerprint density at radius 3 is 2.21 bits per heavy atom. The summed E-state index contributed by atoms with van der Waals surface area (Å²) in [7, 11) is 0. The van der Waals surface area contributed by atoms with Crippen molar-refractivity contribution >= 4 is 0 Å². The van der Waals surface area contributed by atoms with Gasteiger partial charge in [0.1, 0.15) is 6.61 Å². The summed E-state index contributed by atoms with van der Waals surface area (Å²) in [5, 5.41) is 0. The van der Waals surface area contributed by atoms with Crippen molar-refractivity contribution in [2.45, 2.75) is 51.7 Å². The second-order valence-electron chi connectivity index (χ2n) is 5.06. The second-order valence-corrected chi connectivity index (χ2v) is 5.06. The van der Waals surface area contributed by atoms with E-state index in [-0.39, 0.29) is 12.1 Å². The van der Waals surface area contributed by atoms with E-state index in [4.69, 9.17) is 5.73 Å². The molecule has 2 N–H and O–H groups in total. The van der Waals surface area contributed by atoms with Crippen molar-refractivity contribution in [3.05, 3.63) is 0 Å². The third kappa shape index (κ3) is 7.74. The molecule has 0 aromatic heterocycles. The monoisotopic (exact) mass is 284 g/mol. The molecule has 0 aromatic rings. The minimum atomic E-state index is -4.24. The number of nitrogens with zero attached hydrogens (tertiary/aromatic N) is 1. The molecule has 0 aliphatic rings.